The minimum atomic E-state index is -0.622. The van der Waals surface area contributed by atoms with Crippen LogP contribution in [0.4, 0.5) is 0 Å². The molecule has 0 aliphatic carbocycles. The number of rotatable bonds is 12. The Kier molecular flexibility index (Phi) is 10.1. The van der Waals surface area contributed by atoms with E-state index in [2.05, 4.69) is 105 Å². The highest BCUT2D eigenvalue weighted by Gasteiger charge is 2.35. The summed E-state index contributed by atoms with van der Waals surface area (Å²) in [7, 11) is 0. The molecule has 0 N–H and O–H groups in total. The van der Waals surface area contributed by atoms with Crippen LogP contribution in [0.3, 0.4) is 0 Å². The first kappa shape index (κ1) is 30.3. The number of piperidine rings is 1. The highest BCUT2D eigenvalue weighted by molar-refractivity contribution is 5.90. The van der Waals surface area contributed by atoms with Gasteiger partial charge in [0.2, 0.25) is 5.91 Å². The summed E-state index contributed by atoms with van der Waals surface area (Å²) in [6.45, 7) is 21.2. The summed E-state index contributed by atoms with van der Waals surface area (Å²) in [5.74, 6) is 2.11. The highest BCUT2D eigenvalue weighted by atomic mass is 16.2. The summed E-state index contributed by atoms with van der Waals surface area (Å²) in [5, 5.41) is 0. The number of benzene rings is 2. The second kappa shape index (κ2) is 13.3. The van der Waals surface area contributed by atoms with Gasteiger partial charge in [0, 0.05) is 25.2 Å². The third-order valence-electron chi connectivity index (χ3n) is 8.36. The first-order valence-corrected chi connectivity index (χ1v) is 15.7. The van der Waals surface area contributed by atoms with E-state index in [0.717, 1.165) is 61.4 Å². The lowest BCUT2D eigenvalue weighted by Gasteiger charge is -2.34. The van der Waals surface area contributed by atoms with Gasteiger partial charge >= 0.3 is 0 Å². The molecule has 3 aromatic rings. The fraction of sp³-hybridized carbons (Fsp3) is 0.600. The molecule has 0 unspecified atom stereocenters. The molecule has 0 bridgehead atoms. The standard InChI is InChI=1S/C35H52N4O/c1-8-28-14-12-15-29(22-28)33-36-31-17-16-30(35(6,7)34(40)38(24-26(2)3)25-27(4)5)23-32(31)39(33)21-13-20-37-18-10-9-11-19-37/h12,14-17,22-23,26-27H,8-11,13,18-21,24-25H2,1-7H3. The maximum atomic E-state index is 14.0. The Morgan fingerprint density at radius 3 is 2.30 bits per heavy atom. The number of imidazole rings is 1. The van der Waals surface area contributed by atoms with Crippen molar-refractivity contribution in [1.29, 1.82) is 0 Å². The van der Waals surface area contributed by atoms with Crippen LogP contribution >= 0.6 is 0 Å². The number of likely N-dealkylation sites (tertiary alicyclic amines) is 1. The molecular formula is C35H52N4O. The molecule has 40 heavy (non-hydrogen) atoms. The van der Waals surface area contributed by atoms with Gasteiger partial charge in [-0.05, 0) is 100 Å². The molecule has 2 heterocycles. The number of carbonyl (C=O) groups excluding carboxylic acids is 1. The Morgan fingerprint density at radius 1 is 0.950 bits per heavy atom. The van der Waals surface area contributed by atoms with Crippen molar-refractivity contribution in [2.45, 2.75) is 92.5 Å². The summed E-state index contributed by atoms with van der Waals surface area (Å²) in [6.07, 6.45) is 6.10. The molecule has 1 amide bonds. The van der Waals surface area contributed by atoms with Crippen LogP contribution in [0, 0.1) is 11.8 Å². The molecule has 5 heteroatoms. The molecule has 0 spiro atoms. The molecule has 0 radical (unpaired) electrons. The zero-order chi connectivity index (χ0) is 28.9. The van der Waals surface area contributed by atoms with E-state index in [1.807, 2.05) is 0 Å². The van der Waals surface area contributed by atoms with Crippen LogP contribution in [0.5, 0.6) is 0 Å². The fourth-order valence-electron chi connectivity index (χ4n) is 6.16. The molecule has 0 atom stereocenters. The van der Waals surface area contributed by atoms with Crippen molar-refractivity contribution in [1.82, 2.24) is 19.4 Å². The van der Waals surface area contributed by atoms with Gasteiger partial charge in [-0.25, -0.2) is 4.98 Å². The van der Waals surface area contributed by atoms with Crippen molar-refractivity contribution in [2.24, 2.45) is 11.8 Å². The molecule has 1 aliphatic heterocycles. The quantitative estimate of drug-likeness (QED) is 0.236. The number of nitrogens with zero attached hydrogens (tertiary/aromatic N) is 4. The second-order valence-corrected chi connectivity index (χ2v) is 13.2. The molecule has 5 nitrogen and oxygen atoms in total. The average Bonchev–Trinajstić information content (AvgIpc) is 3.30. The largest absolute Gasteiger partial charge is 0.341 e. The topological polar surface area (TPSA) is 41.4 Å². The lowest BCUT2D eigenvalue weighted by atomic mass is 9.82. The van der Waals surface area contributed by atoms with Gasteiger partial charge in [0.25, 0.3) is 0 Å². The van der Waals surface area contributed by atoms with Crippen molar-refractivity contribution in [3.8, 4) is 11.4 Å². The van der Waals surface area contributed by atoms with Gasteiger partial charge in [0.05, 0.1) is 16.4 Å². The number of aryl methyl sites for hydroxylation is 2. The number of carbonyl (C=O) groups is 1. The zero-order valence-electron chi connectivity index (χ0n) is 26.2. The van der Waals surface area contributed by atoms with Gasteiger partial charge in [0.15, 0.2) is 0 Å². The molecule has 1 fully saturated rings. The number of aromatic nitrogens is 2. The molecule has 4 rings (SSSR count). The van der Waals surface area contributed by atoms with Gasteiger partial charge in [-0.2, -0.15) is 0 Å². The highest BCUT2D eigenvalue weighted by Crippen LogP contribution is 2.32. The molecule has 1 aromatic heterocycles. The van der Waals surface area contributed by atoms with Crippen LogP contribution in [0.1, 0.15) is 85.3 Å². The molecular weight excluding hydrogens is 492 g/mol. The summed E-state index contributed by atoms with van der Waals surface area (Å²) >= 11 is 0. The Labute approximate surface area is 243 Å². The minimum Gasteiger partial charge on any atom is -0.341 e. The van der Waals surface area contributed by atoms with Crippen LogP contribution < -0.4 is 0 Å². The first-order valence-electron chi connectivity index (χ1n) is 15.7. The van der Waals surface area contributed by atoms with Crippen LogP contribution in [0.15, 0.2) is 42.5 Å². The third kappa shape index (κ3) is 7.15. The van der Waals surface area contributed by atoms with E-state index in [1.54, 1.807) is 0 Å². The maximum Gasteiger partial charge on any atom is 0.232 e. The number of amides is 1. The molecule has 1 aliphatic rings. The van der Waals surface area contributed by atoms with Gasteiger partial charge in [0.1, 0.15) is 5.82 Å². The van der Waals surface area contributed by atoms with E-state index in [9.17, 15) is 4.79 Å². The van der Waals surface area contributed by atoms with Crippen molar-refractivity contribution in [2.75, 3.05) is 32.7 Å². The van der Waals surface area contributed by atoms with Crippen molar-refractivity contribution < 1.29 is 4.79 Å². The van der Waals surface area contributed by atoms with Gasteiger partial charge in [-0.3, -0.25) is 4.79 Å². The third-order valence-corrected chi connectivity index (χ3v) is 8.36. The fourth-order valence-corrected chi connectivity index (χ4v) is 6.16. The minimum absolute atomic E-state index is 0.210. The van der Waals surface area contributed by atoms with Crippen LogP contribution in [0.25, 0.3) is 22.4 Å². The predicted octanol–water partition coefficient (Wildman–Crippen LogP) is 7.56. The Bertz CT molecular complexity index is 1260. The summed E-state index contributed by atoms with van der Waals surface area (Å²) in [4.78, 5) is 23.9. The molecule has 0 saturated carbocycles. The number of fused-ring (bicyclic) bond motifs is 1. The Balaban J connectivity index is 1.71. The maximum absolute atomic E-state index is 14.0. The van der Waals surface area contributed by atoms with Gasteiger partial charge in [-0.1, -0.05) is 65.3 Å². The van der Waals surface area contributed by atoms with Crippen molar-refractivity contribution in [3.05, 3.63) is 53.6 Å². The van der Waals surface area contributed by atoms with Crippen LogP contribution in [-0.4, -0.2) is 58.0 Å². The Hall–Kier alpha value is -2.66. The predicted molar refractivity (Wildman–Crippen MR) is 169 cm³/mol. The van der Waals surface area contributed by atoms with Gasteiger partial charge in [-0.15, -0.1) is 0 Å². The van der Waals surface area contributed by atoms with Crippen molar-refractivity contribution >= 4 is 16.9 Å². The summed E-state index contributed by atoms with van der Waals surface area (Å²) < 4.78 is 2.41. The summed E-state index contributed by atoms with van der Waals surface area (Å²) in [6, 6.07) is 15.3. The van der Waals surface area contributed by atoms with Crippen molar-refractivity contribution in [3.63, 3.8) is 0 Å². The number of hydrogen-bond donors (Lipinski definition) is 0. The SMILES string of the molecule is CCc1cccc(-c2nc3ccc(C(C)(C)C(=O)N(CC(C)C)CC(C)C)cc3n2CCCN2CCCCC2)c1. The molecule has 1 saturated heterocycles. The zero-order valence-corrected chi connectivity index (χ0v) is 26.2. The van der Waals surface area contributed by atoms with E-state index >= 15 is 0 Å². The van der Waals surface area contributed by atoms with E-state index in [4.69, 9.17) is 4.98 Å². The van der Waals surface area contributed by atoms with Crippen LogP contribution in [0.2, 0.25) is 0 Å². The number of hydrogen-bond acceptors (Lipinski definition) is 3. The molecule has 2 aromatic carbocycles. The first-order chi connectivity index (χ1) is 19.1. The monoisotopic (exact) mass is 544 g/mol. The molecule has 218 valence electrons. The normalized spacial score (nSPS) is 14.9. The lowest BCUT2D eigenvalue weighted by Crippen LogP contribution is -2.46. The smallest absolute Gasteiger partial charge is 0.232 e. The van der Waals surface area contributed by atoms with E-state index in [1.165, 1.54) is 43.5 Å². The summed E-state index contributed by atoms with van der Waals surface area (Å²) in [5.41, 5.74) is 5.07. The average molecular weight is 545 g/mol. The van der Waals surface area contributed by atoms with E-state index in [0.29, 0.717) is 11.8 Å². The Morgan fingerprint density at radius 2 is 1.65 bits per heavy atom. The van der Waals surface area contributed by atoms with E-state index in [-0.39, 0.29) is 5.91 Å². The van der Waals surface area contributed by atoms with Gasteiger partial charge < -0.3 is 14.4 Å². The van der Waals surface area contributed by atoms with E-state index < -0.39 is 5.41 Å². The lowest BCUT2D eigenvalue weighted by molar-refractivity contribution is -0.137. The van der Waals surface area contributed by atoms with Crippen LogP contribution in [-0.2, 0) is 23.2 Å². The second-order valence-electron chi connectivity index (χ2n) is 13.2.